The number of nitrogens with two attached hydrogens (primary N) is 1. The van der Waals surface area contributed by atoms with Crippen LogP contribution >= 0.6 is 35.1 Å². The van der Waals surface area contributed by atoms with Crippen molar-refractivity contribution in [1.29, 1.82) is 0 Å². The number of nitrogens with one attached hydrogen (secondary N) is 5. The molecule has 24 nitrogen and oxygen atoms in total. The maximum atomic E-state index is 13.2. The topological polar surface area (TPSA) is 338 Å². The van der Waals surface area contributed by atoms with Gasteiger partial charge in [0.25, 0.3) is 17.7 Å². The molecule has 0 radical (unpaired) electrons. The van der Waals surface area contributed by atoms with Gasteiger partial charge in [0, 0.05) is 102 Å². The number of piperidine rings is 3. The van der Waals surface area contributed by atoms with Crippen LogP contribution < -0.4 is 56.0 Å². The van der Waals surface area contributed by atoms with Gasteiger partial charge in [-0.15, -0.1) is 11.8 Å². The summed E-state index contributed by atoms with van der Waals surface area (Å²) in [4.78, 5) is 72.5. The summed E-state index contributed by atoms with van der Waals surface area (Å²) in [7, 11) is -10.3. The molecular formula is C84H127ClIN13O11S5. The number of sulfonamides is 3. The molecule has 4 amide bonds. The minimum Gasteiger partial charge on any atom is -1.00 e. The third-order valence-electron chi connectivity index (χ3n) is 25.5. The van der Waals surface area contributed by atoms with Crippen molar-refractivity contribution in [2.24, 2.45) is 55.5 Å². The van der Waals surface area contributed by atoms with E-state index in [9.17, 15) is 44.4 Å². The zero-order valence-corrected chi connectivity index (χ0v) is 76.2. The highest BCUT2D eigenvalue weighted by Gasteiger charge is 2.52. The van der Waals surface area contributed by atoms with Crippen molar-refractivity contribution in [1.82, 2.24) is 28.9 Å². The highest BCUT2D eigenvalue weighted by molar-refractivity contribution is 8.14. The van der Waals surface area contributed by atoms with Gasteiger partial charge in [0.1, 0.15) is 34.1 Å². The number of hydrogen-bond acceptors (Lipinski definition) is 18. The third kappa shape index (κ3) is 24.7. The highest BCUT2D eigenvalue weighted by Crippen LogP contribution is 2.42. The van der Waals surface area contributed by atoms with Crippen LogP contribution in [0.1, 0.15) is 215 Å². The Morgan fingerprint density at radius 3 is 1.26 bits per heavy atom. The first kappa shape index (κ1) is 94.0. The average Bonchev–Trinajstić information content (AvgIpc) is 1.59. The zero-order chi connectivity index (χ0) is 82.2. The van der Waals surface area contributed by atoms with Gasteiger partial charge in [0.15, 0.2) is 6.54 Å². The molecular weight excluding hydrogens is 1690 g/mol. The van der Waals surface area contributed by atoms with Crippen molar-refractivity contribution in [3.05, 3.63) is 92.5 Å². The Balaban J connectivity index is 0.000000186. The summed E-state index contributed by atoms with van der Waals surface area (Å²) in [6.07, 6.45) is 22.0. The first-order valence-corrected chi connectivity index (χ1v) is 49.2. The summed E-state index contributed by atoms with van der Waals surface area (Å²) >= 11 is 10.1. The van der Waals surface area contributed by atoms with E-state index in [4.69, 9.17) is 37.4 Å². The van der Waals surface area contributed by atoms with E-state index in [1.54, 1.807) is 23.4 Å². The molecule has 0 atom stereocenters. The molecule has 3 spiro atoms. The molecule has 0 aromatic heterocycles. The third-order valence-corrected chi connectivity index (χ3v) is 33.6. The monoisotopic (exact) mass is 1820 g/mol. The van der Waals surface area contributed by atoms with Gasteiger partial charge in [-0.1, -0.05) is 93.7 Å². The van der Waals surface area contributed by atoms with Gasteiger partial charge < -0.3 is 56.1 Å². The SMILES string of the molecule is CC1=[NH+]CCS1.CCC1CCC(C2=NC3(CCN(S(=O)(=O)CCc4ccc(CC5=NCCS5)cc4C)CC3)C(=O)N2)CC1.CCC1CCC(C2=NC3(CCN(S(=O)(=O)CCc4ccc(N)cc4C)CC3)C(=O)N2)CC1.CCC1CCC(C2=NC3(CCN(S(=O)(=O)CCc4ccc(NC(C)=O)c(Cl)c4C)CC3)C(=O)N2)CC1.CCO.[I-]. The Bertz CT molecular complexity index is 4400. The number of hydrogen-bond donors (Lipinski definition) is 7. The van der Waals surface area contributed by atoms with E-state index in [2.05, 4.69) is 84.1 Å². The number of thioether (sulfide) groups is 2. The zero-order valence-electron chi connectivity index (χ0n) is 69.2. The standard InChI is InChI=1S/C28H40N4O3S2.C26H37ClN4O4S.C24H36N4O3S.C4H7NS.C2H6O.HI/c1-3-21-4-8-24(9-5-21)26-30-27(33)28(31-26)11-14-32(15-12-28)37(34,35)17-10-23-7-6-22(18-20(23)2)19-25-29-13-16-36-25;1-4-19-5-7-21(8-6-19)24-29-25(33)26(30-24)12-14-31(15-13-26)36(34,35)16-11-20-9-10-22(28-18(3)32)23(27)17(20)2;1-3-18-4-6-20(7-5-18)22-26-23(29)24(27-22)11-13-28(14-12-24)32(30,31)15-10-19-8-9-21(25)16-17(19)2;1-4-5-2-3-6-4;1-2-3;/h6-7,18,21,24H,3-5,8-17,19H2,1-2H3,(H,30,31,33);9-10,19,21H,4-8,11-16H2,1-3H3,(H,28,32)(H,29,30,33);8-9,16,18,20H,3-7,10-15,25H2,1-2H3,(H,26,27,29);2-3H2,1H3;3H,2H2,1H3;1H. The smallest absolute Gasteiger partial charge is 0.253 e. The summed E-state index contributed by atoms with van der Waals surface area (Å²) in [6.45, 7) is 22.0. The number of nitrogen functional groups attached to an aromatic ring is 1. The molecule has 3 aliphatic carbocycles. The van der Waals surface area contributed by atoms with Crippen LogP contribution in [0, 0.1) is 56.3 Å². The quantitative estimate of drug-likeness (QED) is 0.0402. The second kappa shape index (κ2) is 42.5. The molecule has 8 heterocycles. The van der Waals surface area contributed by atoms with Crippen LogP contribution in [0.25, 0.3) is 0 Å². The van der Waals surface area contributed by atoms with Gasteiger partial charge >= 0.3 is 0 Å². The molecule has 115 heavy (non-hydrogen) atoms. The molecule has 8 N–H and O–H groups in total. The highest BCUT2D eigenvalue weighted by atomic mass is 127. The molecule has 14 rings (SSSR count). The van der Waals surface area contributed by atoms with Crippen LogP contribution in [-0.2, 0) is 74.9 Å². The van der Waals surface area contributed by atoms with E-state index in [-0.39, 0.29) is 84.6 Å². The number of benzene rings is 3. The Labute approximate surface area is 715 Å². The lowest BCUT2D eigenvalue weighted by molar-refractivity contribution is -0.444. The van der Waals surface area contributed by atoms with Crippen molar-refractivity contribution >= 4 is 128 Å². The number of aryl methyl sites for hydroxylation is 5. The van der Waals surface area contributed by atoms with Crippen LogP contribution in [0.15, 0.2) is 68.5 Å². The molecule has 3 saturated carbocycles. The summed E-state index contributed by atoms with van der Waals surface area (Å²) in [5.41, 5.74) is 11.6. The first-order valence-electron chi connectivity index (χ1n) is 42.0. The van der Waals surface area contributed by atoms with E-state index in [0.717, 1.165) is 132 Å². The number of rotatable bonds is 21. The van der Waals surface area contributed by atoms with Gasteiger partial charge in [0.2, 0.25) is 41.0 Å². The minimum absolute atomic E-state index is 0. The second-order valence-electron chi connectivity index (χ2n) is 33.0. The molecule has 8 aliphatic heterocycles. The van der Waals surface area contributed by atoms with E-state index in [1.807, 2.05) is 55.6 Å². The maximum Gasteiger partial charge on any atom is 0.253 e. The Morgan fingerprint density at radius 1 is 0.565 bits per heavy atom. The number of amides is 4. The predicted octanol–water partition coefficient (Wildman–Crippen LogP) is 7.46. The normalized spacial score (nSPS) is 24.7. The Hall–Kier alpha value is -4.90. The van der Waals surface area contributed by atoms with Crippen molar-refractivity contribution in [3.63, 3.8) is 0 Å². The minimum atomic E-state index is -3.51. The number of nitrogens with zero attached hydrogens (tertiary/aromatic N) is 7. The van der Waals surface area contributed by atoms with E-state index >= 15 is 0 Å². The van der Waals surface area contributed by atoms with Crippen LogP contribution in [-0.4, -0.2) is 199 Å². The molecule has 6 fully saturated rings. The number of amidine groups is 3. The summed E-state index contributed by atoms with van der Waals surface area (Å²) in [5, 5.41) is 22.4. The maximum absolute atomic E-state index is 13.2. The molecule has 11 aliphatic rings. The lowest BCUT2D eigenvalue weighted by Crippen LogP contribution is -3.00. The first-order chi connectivity index (χ1) is 54.3. The second-order valence-corrected chi connectivity index (χ2v) is 42.1. The van der Waals surface area contributed by atoms with Crippen molar-refractivity contribution < 1.29 is 78.5 Å². The molecule has 3 aromatic rings. The van der Waals surface area contributed by atoms with Gasteiger partial charge in [-0.05, 0) is 237 Å². The van der Waals surface area contributed by atoms with E-state index in [1.165, 1.54) is 94.7 Å². The predicted molar refractivity (Wildman–Crippen MR) is 464 cm³/mol. The molecule has 3 aromatic carbocycles. The van der Waals surface area contributed by atoms with E-state index in [0.29, 0.717) is 118 Å². The largest absolute Gasteiger partial charge is 1.00 e. The Kier molecular flexibility index (Phi) is 34.8. The molecule has 3 saturated heterocycles. The molecule has 0 unspecified atom stereocenters. The van der Waals surface area contributed by atoms with Crippen LogP contribution in [0.5, 0.6) is 0 Å². The number of aliphatic hydroxyl groups is 1. The molecule has 638 valence electrons. The summed E-state index contributed by atoms with van der Waals surface area (Å²) in [5.74, 6) is 7.94. The number of aliphatic hydroxyl groups excluding tert-OH is 1. The fraction of sp³-hybridized carbons (Fsp3) is 0.679. The molecule has 0 bridgehead atoms. The van der Waals surface area contributed by atoms with Crippen LogP contribution in [0.4, 0.5) is 11.4 Å². The van der Waals surface area contributed by atoms with E-state index < -0.39 is 46.7 Å². The van der Waals surface area contributed by atoms with Crippen molar-refractivity contribution in [2.75, 3.05) is 98.8 Å². The fourth-order valence-corrected chi connectivity index (χ4v) is 24.1. The number of aliphatic imine (C=N–C) groups is 4. The van der Waals surface area contributed by atoms with Crippen molar-refractivity contribution in [2.45, 2.75) is 239 Å². The van der Waals surface area contributed by atoms with Gasteiger partial charge in [-0.3, -0.25) is 39.1 Å². The Morgan fingerprint density at radius 2 is 0.939 bits per heavy atom. The average molecular weight is 1820 g/mol. The lowest BCUT2D eigenvalue weighted by atomic mass is 9.80. The number of anilines is 2. The van der Waals surface area contributed by atoms with Gasteiger partial charge in [0.05, 0.1) is 38.8 Å². The number of halogens is 2. The summed E-state index contributed by atoms with van der Waals surface area (Å²) in [6, 6.07) is 15.4. The number of carbonyl (C=O) groups excluding carboxylic acids is 4. The van der Waals surface area contributed by atoms with Crippen molar-refractivity contribution in [3.8, 4) is 0 Å². The lowest BCUT2D eigenvalue weighted by Gasteiger charge is -2.34. The van der Waals surface area contributed by atoms with Gasteiger partial charge in [-0.25, -0.2) is 43.2 Å². The van der Waals surface area contributed by atoms with Gasteiger partial charge in [-0.2, -0.15) is 0 Å². The molecule has 31 heteroatoms. The fourth-order valence-electron chi connectivity index (χ4n) is 17.8. The van der Waals surface area contributed by atoms with Crippen LogP contribution in [0.2, 0.25) is 5.02 Å². The van der Waals surface area contributed by atoms with Crippen LogP contribution in [0.3, 0.4) is 0 Å². The summed E-state index contributed by atoms with van der Waals surface area (Å²) < 4.78 is 83.2. The number of carbonyl (C=O) groups is 4.